The molecule has 1 fully saturated rings. The topological polar surface area (TPSA) is 49.4 Å². The highest BCUT2D eigenvalue weighted by atomic mass is 19.1. The second-order valence-corrected chi connectivity index (χ2v) is 5.93. The van der Waals surface area contributed by atoms with Crippen molar-refractivity contribution in [2.24, 2.45) is 0 Å². The van der Waals surface area contributed by atoms with Gasteiger partial charge in [-0.3, -0.25) is 9.59 Å². The molecule has 0 radical (unpaired) electrons. The minimum Gasteiger partial charge on any atom is -0.343 e. The predicted octanol–water partition coefficient (Wildman–Crippen LogP) is 2.57. The largest absolute Gasteiger partial charge is 0.343 e. The van der Waals surface area contributed by atoms with Gasteiger partial charge in [0.05, 0.1) is 6.54 Å². The molecule has 1 N–H and O–H groups in total. The van der Waals surface area contributed by atoms with Crippen molar-refractivity contribution < 1.29 is 14.0 Å². The quantitative estimate of drug-likeness (QED) is 0.939. The van der Waals surface area contributed by atoms with Crippen LogP contribution in [-0.4, -0.2) is 36.3 Å². The number of hydrogen-bond donors (Lipinski definition) is 1. The van der Waals surface area contributed by atoms with Gasteiger partial charge in [0.15, 0.2) is 0 Å². The monoisotopic (exact) mass is 326 g/mol. The van der Waals surface area contributed by atoms with Gasteiger partial charge in [-0.1, -0.05) is 30.3 Å². The van der Waals surface area contributed by atoms with Gasteiger partial charge in [-0.15, -0.1) is 0 Å². The summed E-state index contributed by atoms with van der Waals surface area (Å²) < 4.78 is 13.3. The average molecular weight is 326 g/mol. The summed E-state index contributed by atoms with van der Waals surface area (Å²) in [6, 6.07) is 15.3. The number of nitrogens with zero attached hydrogens (tertiary/aromatic N) is 1. The highest BCUT2D eigenvalue weighted by Gasteiger charge is 2.27. The van der Waals surface area contributed by atoms with Gasteiger partial charge in [-0.2, -0.15) is 0 Å². The van der Waals surface area contributed by atoms with E-state index < -0.39 is 0 Å². The first-order chi connectivity index (χ1) is 11.6. The first-order valence-corrected chi connectivity index (χ1v) is 8.00. The minimum absolute atomic E-state index is 0.0242. The van der Waals surface area contributed by atoms with E-state index in [2.05, 4.69) is 5.32 Å². The van der Waals surface area contributed by atoms with E-state index in [1.54, 1.807) is 35.2 Å². The third-order valence-electron chi connectivity index (χ3n) is 4.30. The number of rotatable bonds is 4. The Balaban J connectivity index is 1.52. The zero-order valence-corrected chi connectivity index (χ0v) is 13.2. The summed E-state index contributed by atoms with van der Waals surface area (Å²) in [5.41, 5.74) is 1.45. The maximum absolute atomic E-state index is 13.3. The molecule has 1 saturated heterocycles. The molecule has 0 saturated carbocycles. The van der Waals surface area contributed by atoms with Crippen molar-refractivity contribution in [2.45, 2.75) is 12.3 Å². The number of benzene rings is 2. The van der Waals surface area contributed by atoms with Crippen molar-refractivity contribution in [3.8, 4) is 0 Å². The molecule has 0 spiro atoms. The van der Waals surface area contributed by atoms with E-state index in [1.807, 2.05) is 12.1 Å². The Morgan fingerprint density at radius 3 is 2.67 bits per heavy atom. The average Bonchev–Trinajstić information content (AvgIpc) is 3.10. The van der Waals surface area contributed by atoms with Crippen LogP contribution in [0.25, 0.3) is 0 Å². The van der Waals surface area contributed by atoms with Crippen LogP contribution < -0.4 is 5.32 Å². The van der Waals surface area contributed by atoms with E-state index >= 15 is 0 Å². The number of nitrogens with one attached hydrogen (secondary N) is 1. The third-order valence-corrected chi connectivity index (χ3v) is 4.30. The lowest BCUT2D eigenvalue weighted by molar-refractivity contribution is -0.129. The molecule has 124 valence electrons. The summed E-state index contributed by atoms with van der Waals surface area (Å²) in [6.07, 6.45) is 0.807. The molecule has 1 heterocycles. The molecule has 24 heavy (non-hydrogen) atoms. The fourth-order valence-corrected chi connectivity index (χ4v) is 2.98. The standard InChI is InChI=1S/C19H19FN2O2/c20-17-8-4-7-15(11-17)16-9-10-22(13-16)18(23)12-21-19(24)14-5-2-1-3-6-14/h1-8,11,16H,9-10,12-13H2,(H,21,24)/t16-/m1/s1. The normalized spacial score (nSPS) is 16.9. The van der Waals surface area contributed by atoms with E-state index in [-0.39, 0.29) is 30.1 Å². The van der Waals surface area contributed by atoms with Gasteiger partial charge in [0, 0.05) is 24.6 Å². The van der Waals surface area contributed by atoms with Crippen LogP contribution in [0.2, 0.25) is 0 Å². The Labute approximate surface area is 140 Å². The number of carbonyl (C=O) groups excluding carboxylic acids is 2. The molecule has 0 aliphatic carbocycles. The van der Waals surface area contributed by atoms with Crippen LogP contribution in [-0.2, 0) is 4.79 Å². The number of hydrogen-bond acceptors (Lipinski definition) is 2. The molecule has 0 bridgehead atoms. The van der Waals surface area contributed by atoms with Crippen molar-refractivity contribution in [1.29, 1.82) is 0 Å². The molecular formula is C19H19FN2O2. The highest BCUT2D eigenvalue weighted by Crippen LogP contribution is 2.27. The molecule has 2 amide bonds. The van der Waals surface area contributed by atoms with Crippen molar-refractivity contribution in [3.05, 3.63) is 71.5 Å². The van der Waals surface area contributed by atoms with Gasteiger partial charge in [0.2, 0.25) is 5.91 Å². The SMILES string of the molecule is O=C(NCC(=O)N1CC[C@@H](c2cccc(F)c2)C1)c1ccccc1. The van der Waals surface area contributed by atoms with Gasteiger partial charge >= 0.3 is 0 Å². The van der Waals surface area contributed by atoms with E-state index in [4.69, 9.17) is 0 Å². The van der Waals surface area contributed by atoms with Crippen molar-refractivity contribution >= 4 is 11.8 Å². The maximum Gasteiger partial charge on any atom is 0.251 e. The van der Waals surface area contributed by atoms with Crippen LogP contribution in [0.4, 0.5) is 4.39 Å². The van der Waals surface area contributed by atoms with Crippen LogP contribution >= 0.6 is 0 Å². The fraction of sp³-hybridized carbons (Fsp3) is 0.263. The Bertz CT molecular complexity index is 733. The van der Waals surface area contributed by atoms with Crippen LogP contribution in [0.1, 0.15) is 28.3 Å². The molecule has 0 unspecified atom stereocenters. The highest BCUT2D eigenvalue weighted by molar-refractivity contribution is 5.96. The van der Waals surface area contributed by atoms with E-state index in [9.17, 15) is 14.0 Å². The number of likely N-dealkylation sites (tertiary alicyclic amines) is 1. The van der Waals surface area contributed by atoms with Crippen LogP contribution in [0.5, 0.6) is 0 Å². The Hall–Kier alpha value is -2.69. The smallest absolute Gasteiger partial charge is 0.251 e. The first kappa shape index (κ1) is 16.2. The van der Waals surface area contributed by atoms with Gasteiger partial charge in [0.25, 0.3) is 5.91 Å². The second-order valence-electron chi connectivity index (χ2n) is 5.93. The molecule has 3 rings (SSSR count). The molecule has 5 heteroatoms. The van der Waals surface area contributed by atoms with Crippen molar-refractivity contribution in [1.82, 2.24) is 10.2 Å². The Morgan fingerprint density at radius 2 is 1.92 bits per heavy atom. The van der Waals surface area contributed by atoms with E-state index in [0.29, 0.717) is 18.7 Å². The molecule has 4 nitrogen and oxygen atoms in total. The van der Waals surface area contributed by atoms with Gasteiger partial charge in [-0.25, -0.2) is 4.39 Å². The summed E-state index contributed by atoms with van der Waals surface area (Å²) in [6.45, 7) is 1.16. The minimum atomic E-state index is -0.259. The van der Waals surface area contributed by atoms with E-state index in [1.165, 1.54) is 12.1 Å². The molecule has 0 aromatic heterocycles. The van der Waals surface area contributed by atoms with Crippen LogP contribution in [0, 0.1) is 5.82 Å². The lowest BCUT2D eigenvalue weighted by atomic mass is 9.98. The van der Waals surface area contributed by atoms with Gasteiger partial charge in [0.1, 0.15) is 5.82 Å². The van der Waals surface area contributed by atoms with E-state index in [0.717, 1.165) is 12.0 Å². The van der Waals surface area contributed by atoms with Gasteiger partial charge in [-0.05, 0) is 36.2 Å². The van der Waals surface area contributed by atoms with Crippen LogP contribution in [0.15, 0.2) is 54.6 Å². The van der Waals surface area contributed by atoms with Crippen LogP contribution in [0.3, 0.4) is 0 Å². The van der Waals surface area contributed by atoms with Crippen molar-refractivity contribution in [2.75, 3.05) is 19.6 Å². The number of halogens is 1. The summed E-state index contributed by atoms with van der Waals surface area (Å²) in [5, 5.41) is 2.65. The number of carbonyl (C=O) groups is 2. The fourth-order valence-electron chi connectivity index (χ4n) is 2.98. The lowest BCUT2D eigenvalue weighted by Crippen LogP contribution is -2.39. The zero-order valence-electron chi connectivity index (χ0n) is 13.2. The molecule has 1 aliphatic heterocycles. The second kappa shape index (κ2) is 7.25. The molecule has 1 aliphatic rings. The Morgan fingerprint density at radius 1 is 1.12 bits per heavy atom. The zero-order chi connectivity index (χ0) is 16.9. The predicted molar refractivity (Wildman–Crippen MR) is 89.1 cm³/mol. The third kappa shape index (κ3) is 3.79. The number of amides is 2. The maximum atomic E-state index is 13.3. The Kier molecular flexibility index (Phi) is 4.89. The summed E-state index contributed by atoms with van der Waals surface area (Å²) in [7, 11) is 0. The molecule has 2 aromatic carbocycles. The summed E-state index contributed by atoms with van der Waals surface area (Å²) >= 11 is 0. The van der Waals surface area contributed by atoms with Crippen molar-refractivity contribution in [3.63, 3.8) is 0 Å². The molecule has 2 aromatic rings. The summed E-state index contributed by atoms with van der Waals surface area (Å²) in [5.74, 6) is -0.482. The summed E-state index contributed by atoms with van der Waals surface area (Å²) in [4.78, 5) is 25.9. The lowest BCUT2D eigenvalue weighted by Gasteiger charge is -2.17. The molecule has 1 atom stereocenters. The molecular weight excluding hydrogens is 307 g/mol. The van der Waals surface area contributed by atoms with Gasteiger partial charge < -0.3 is 10.2 Å². The first-order valence-electron chi connectivity index (χ1n) is 8.00.